The summed E-state index contributed by atoms with van der Waals surface area (Å²) in [5, 5.41) is 4.23. The van der Waals surface area contributed by atoms with Crippen LogP contribution in [0.15, 0.2) is 34.2 Å². The van der Waals surface area contributed by atoms with Crippen LogP contribution in [0, 0.1) is 13.8 Å². The second kappa shape index (κ2) is 10.2. The van der Waals surface area contributed by atoms with Crippen LogP contribution in [0.1, 0.15) is 41.3 Å². The molecular weight excluding hydrogens is 442 g/mol. The molecule has 3 heterocycles. The van der Waals surface area contributed by atoms with Gasteiger partial charge in [0.25, 0.3) is 5.56 Å². The minimum absolute atomic E-state index is 0.0358. The van der Waals surface area contributed by atoms with Gasteiger partial charge < -0.3 is 10.1 Å². The van der Waals surface area contributed by atoms with Crippen molar-refractivity contribution in [2.75, 3.05) is 18.9 Å². The summed E-state index contributed by atoms with van der Waals surface area (Å²) in [4.78, 5) is 32.7. The number of carbonyl (C=O) groups excluding carboxylic acids is 1. The molecule has 1 aliphatic heterocycles. The molecule has 6 nitrogen and oxygen atoms in total. The fourth-order valence-corrected chi connectivity index (χ4v) is 5.91. The van der Waals surface area contributed by atoms with Crippen LogP contribution in [0.4, 0.5) is 0 Å². The van der Waals surface area contributed by atoms with Crippen molar-refractivity contribution in [1.29, 1.82) is 0 Å². The van der Waals surface area contributed by atoms with E-state index in [1.807, 2.05) is 38.1 Å². The maximum Gasteiger partial charge on any atom is 0.263 e. The highest BCUT2D eigenvalue weighted by Gasteiger charge is 2.20. The smallest absolute Gasteiger partial charge is 0.263 e. The van der Waals surface area contributed by atoms with Crippen LogP contribution in [0.2, 0.25) is 0 Å². The number of thiophene rings is 1. The molecule has 0 aliphatic carbocycles. The molecule has 32 heavy (non-hydrogen) atoms. The number of nitrogens with one attached hydrogen (secondary N) is 1. The van der Waals surface area contributed by atoms with Gasteiger partial charge >= 0.3 is 0 Å². The fourth-order valence-electron chi connectivity index (χ4n) is 3.92. The molecule has 0 spiro atoms. The molecule has 8 heteroatoms. The molecule has 1 fully saturated rings. The second-order valence-electron chi connectivity index (χ2n) is 8.18. The SMILES string of the molecule is CCc1sc2nc(SCC(=O)NCC3CCCO3)n(Cc3ccc(C)cc3)c(=O)c2c1C. The van der Waals surface area contributed by atoms with Gasteiger partial charge in [-0.05, 0) is 44.2 Å². The van der Waals surface area contributed by atoms with Crippen molar-refractivity contribution in [3.63, 3.8) is 0 Å². The van der Waals surface area contributed by atoms with Crippen LogP contribution in [-0.4, -0.2) is 40.5 Å². The monoisotopic (exact) mass is 471 g/mol. The highest BCUT2D eigenvalue weighted by atomic mass is 32.2. The van der Waals surface area contributed by atoms with Gasteiger partial charge in [-0.1, -0.05) is 48.5 Å². The van der Waals surface area contributed by atoms with Crippen molar-refractivity contribution in [2.45, 2.75) is 57.8 Å². The third-order valence-corrected chi connectivity index (χ3v) is 8.09. The first kappa shape index (κ1) is 23.0. The summed E-state index contributed by atoms with van der Waals surface area (Å²) in [6.07, 6.45) is 3.02. The Labute approximate surface area is 196 Å². The minimum Gasteiger partial charge on any atom is -0.376 e. The normalized spacial score (nSPS) is 16.0. The van der Waals surface area contributed by atoms with Crippen molar-refractivity contribution in [3.05, 3.63) is 56.2 Å². The number of aryl methyl sites for hydroxylation is 3. The van der Waals surface area contributed by atoms with Crippen LogP contribution in [0.5, 0.6) is 0 Å². The molecule has 2 aromatic heterocycles. The number of fused-ring (bicyclic) bond motifs is 1. The van der Waals surface area contributed by atoms with Gasteiger partial charge in [-0.15, -0.1) is 11.3 Å². The first-order valence-electron chi connectivity index (χ1n) is 11.1. The lowest BCUT2D eigenvalue weighted by Crippen LogP contribution is -2.33. The molecule has 1 N–H and O–H groups in total. The van der Waals surface area contributed by atoms with Crippen LogP contribution in [0.3, 0.4) is 0 Å². The van der Waals surface area contributed by atoms with E-state index in [9.17, 15) is 9.59 Å². The van der Waals surface area contributed by atoms with Crippen molar-refractivity contribution < 1.29 is 9.53 Å². The summed E-state index contributed by atoms with van der Waals surface area (Å²) in [5.41, 5.74) is 3.19. The summed E-state index contributed by atoms with van der Waals surface area (Å²) in [5.74, 6) is 0.141. The predicted octanol–water partition coefficient (Wildman–Crippen LogP) is 4.07. The van der Waals surface area contributed by atoms with Crippen LogP contribution in [-0.2, 0) is 22.5 Å². The number of amides is 1. The first-order valence-corrected chi connectivity index (χ1v) is 12.9. The number of carbonyl (C=O) groups is 1. The predicted molar refractivity (Wildman–Crippen MR) is 131 cm³/mol. The van der Waals surface area contributed by atoms with E-state index < -0.39 is 0 Å². The summed E-state index contributed by atoms with van der Waals surface area (Å²) in [6, 6.07) is 8.16. The Morgan fingerprint density at radius 3 is 2.78 bits per heavy atom. The van der Waals surface area contributed by atoms with E-state index in [0.717, 1.165) is 41.8 Å². The van der Waals surface area contributed by atoms with E-state index in [1.165, 1.54) is 22.2 Å². The highest BCUT2D eigenvalue weighted by Crippen LogP contribution is 2.29. The van der Waals surface area contributed by atoms with E-state index in [2.05, 4.69) is 12.2 Å². The van der Waals surface area contributed by atoms with Gasteiger partial charge in [0.1, 0.15) is 4.83 Å². The van der Waals surface area contributed by atoms with Gasteiger partial charge in [0, 0.05) is 18.0 Å². The molecule has 4 rings (SSSR count). The average Bonchev–Trinajstić information content (AvgIpc) is 3.42. The largest absolute Gasteiger partial charge is 0.376 e. The van der Waals surface area contributed by atoms with Gasteiger partial charge in [-0.3, -0.25) is 14.2 Å². The van der Waals surface area contributed by atoms with Gasteiger partial charge in [0.2, 0.25) is 5.91 Å². The van der Waals surface area contributed by atoms with Crippen LogP contribution >= 0.6 is 23.1 Å². The molecule has 0 saturated carbocycles. The molecule has 3 aromatic rings. The average molecular weight is 472 g/mol. The quantitative estimate of drug-likeness (QED) is 0.396. The standard InChI is InChI=1S/C24H29N3O3S2/c1-4-19-16(3)21-22(32-19)26-24(31-14-20(28)25-12-18-6-5-11-30-18)27(23(21)29)13-17-9-7-15(2)8-10-17/h7-10,18H,4-6,11-14H2,1-3H3,(H,25,28). The maximum atomic E-state index is 13.5. The van der Waals surface area contributed by atoms with Crippen molar-refractivity contribution in [3.8, 4) is 0 Å². The van der Waals surface area contributed by atoms with Crippen LogP contribution < -0.4 is 10.9 Å². The maximum absolute atomic E-state index is 13.5. The third-order valence-electron chi connectivity index (χ3n) is 5.78. The Kier molecular flexibility index (Phi) is 7.33. The first-order chi connectivity index (χ1) is 15.5. The molecule has 1 amide bonds. The van der Waals surface area contributed by atoms with Gasteiger partial charge in [-0.2, -0.15) is 0 Å². The van der Waals surface area contributed by atoms with Crippen LogP contribution in [0.25, 0.3) is 10.2 Å². The molecule has 1 unspecified atom stereocenters. The molecule has 170 valence electrons. The number of ether oxygens (including phenoxy) is 1. The number of hydrogen-bond acceptors (Lipinski definition) is 6. The Hall–Kier alpha value is -2.16. The highest BCUT2D eigenvalue weighted by molar-refractivity contribution is 7.99. The van der Waals surface area contributed by atoms with Crippen molar-refractivity contribution in [2.24, 2.45) is 0 Å². The Morgan fingerprint density at radius 2 is 2.09 bits per heavy atom. The summed E-state index contributed by atoms with van der Waals surface area (Å²) >= 11 is 2.89. The lowest BCUT2D eigenvalue weighted by molar-refractivity contribution is -0.119. The number of aromatic nitrogens is 2. The minimum atomic E-state index is -0.0710. The molecule has 1 saturated heterocycles. The van der Waals surface area contributed by atoms with E-state index in [0.29, 0.717) is 23.6 Å². The van der Waals surface area contributed by atoms with E-state index >= 15 is 0 Å². The zero-order valence-electron chi connectivity index (χ0n) is 18.8. The Balaban J connectivity index is 1.60. The lowest BCUT2D eigenvalue weighted by atomic mass is 10.1. The topological polar surface area (TPSA) is 73.2 Å². The molecule has 1 aromatic carbocycles. The number of thioether (sulfide) groups is 1. The summed E-state index contributed by atoms with van der Waals surface area (Å²) in [7, 11) is 0. The molecule has 0 bridgehead atoms. The molecule has 1 atom stereocenters. The fraction of sp³-hybridized carbons (Fsp3) is 0.458. The second-order valence-corrected chi connectivity index (χ2v) is 10.2. The summed E-state index contributed by atoms with van der Waals surface area (Å²) in [6.45, 7) is 7.87. The summed E-state index contributed by atoms with van der Waals surface area (Å²) < 4.78 is 7.28. The number of benzene rings is 1. The van der Waals surface area contributed by atoms with E-state index in [1.54, 1.807) is 15.9 Å². The molecule has 0 radical (unpaired) electrons. The van der Waals surface area contributed by atoms with E-state index in [-0.39, 0.29) is 23.3 Å². The van der Waals surface area contributed by atoms with Crippen molar-refractivity contribution in [1.82, 2.24) is 14.9 Å². The number of nitrogens with zero attached hydrogens (tertiary/aromatic N) is 2. The van der Waals surface area contributed by atoms with Gasteiger partial charge in [0.15, 0.2) is 5.16 Å². The number of hydrogen-bond donors (Lipinski definition) is 1. The molecular formula is C24H29N3O3S2. The number of rotatable bonds is 8. The zero-order valence-corrected chi connectivity index (χ0v) is 20.4. The zero-order chi connectivity index (χ0) is 22.7. The van der Waals surface area contributed by atoms with Gasteiger partial charge in [-0.25, -0.2) is 4.98 Å². The Bertz CT molecular complexity index is 1160. The third kappa shape index (κ3) is 5.08. The lowest BCUT2D eigenvalue weighted by Gasteiger charge is -2.13. The Morgan fingerprint density at radius 1 is 1.31 bits per heavy atom. The van der Waals surface area contributed by atoms with Crippen molar-refractivity contribution >= 4 is 39.2 Å². The van der Waals surface area contributed by atoms with Gasteiger partial charge in [0.05, 0.1) is 23.8 Å². The van der Waals surface area contributed by atoms with E-state index in [4.69, 9.17) is 9.72 Å². The molecule has 1 aliphatic rings.